The predicted octanol–water partition coefficient (Wildman–Crippen LogP) is 4.37. The maximum absolute atomic E-state index is 13.6. The lowest BCUT2D eigenvalue weighted by Crippen LogP contribution is -2.44. The van der Waals surface area contributed by atoms with Crippen molar-refractivity contribution in [2.24, 2.45) is 0 Å². The number of nitrogens with zero attached hydrogens (tertiary/aromatic N) is 1. The largest absolute Gasteiger partial charge is 0.478 e. The monoisotopic (exact) mass is 647 g/mol. The molecule has 0 spiro atoms. The van der Waals surface area contributed by atoms with E-state index in [4.69, 9.17) is 9.47 Å². The average Bonchev–Trinajstić information content (AvgIpc) is 3.41. The molecular weight excluding hydrogens is 610 g/mol. The van der Waals surface area contributed by atoms with Gasteiger partial charge >= 0.3 is 5.97 Å². The molecule has 0 fully saturated rings. The Hall–Kier alpha value is -4.75. The minimum Gasteiger partial charge on any atom is -0.478 e. The number of esters is 1. The molecule has 0 aliphatic carbocycles. The molecule has 0 radical (unpaired) electrons. The van der Waals surface area contributed by atoms with Crippen LogP contribution in [-0.2, 0) is 35.6 Å². The van der Waals surface area contributed by atoms with E-state index in [1.165, 1.54) is 0 Å². The summed E-state index contributed by atoms with van der Waals surface area (Å²) in [4.78, 5) is 45.9. The zero-order chi connectivity index (χ0) is 33.2. The van der Waals surface area contributed by atoms with E-state index in [1.54, 1.807) is 39.0 Å². The fourth-order valence-electron chi connectivity index (χ4n) is 5.46. The van der Waals surface area contributed by atoms with Gasteiger partial charge in [-0.25, -0.2) is 13.4 Å². The van der Waals surface area contributed by atoms with E-state index in [2.05, 4.69) is 25.3 Å². The van der Waals surface area contributed by atoms with Crippen molar-refractivity contribution < 1.29 is 32.3 Å². The van der Waals surface area contributed by atoms with Crippen LogP contribution in [0.5, 0.6) is 5.75 Å². The summed E-state index contributed by atoms with van der Waals surface area (Å²) >= 11 is 0. The van der Waals surface area contributed by atoms with Gasteiger partial charge in [-0.3, -0.25) is 19.7 Å². The predicted molar refractivity (Wildman–Crippen MR) is 173 cm³/mol. The van der Waals surface area contributed by atoms with Crippen LogP contribution in [0.4, 0.5) is 11.6 Å². The van der Waals surface area contributed by atoms with E-state index < -0.39 is 34.0 Å². The number of aromatic nitrogens is 2. The molecular formula is C33H37N5O7S. The van der Waals surface area contributed by atoms with Crippen LogP contribution in [0.25, 0.3) is 11.0 Å². The number of para-hydroxylation sites is 2. The van der Waals surface area contributed by atoms with Crippen LogP contribution in [0.2, 0.25) is 0 Å². The van der Waals surface area contributed by atoms with E-state index in [0.717, 1.165) is 22.2 Å². The van der Waals surface area contributed by atoms with Crippen molar-refractivity contribution in [2.45, 2.75) is 70.9 Å². The van der Waals surface area contributed by atoms with Crippen molar-refractivity contribution >= 4 is 50.5 Å². The molecule has 12 nitrogen and oxygen atoms in total. The first-order valence-electron chi connectivity index (χ1n) is 15.0. The van der Waals surface area contributed by atoms with Crippen LogP contribution in [0.15, 0.2) is 53.4 Å². The highest BCUT2D eigenvalue weighted by molar-refractivity contribution is 7.89. The summed E-state index contributed by atoms with van der Waals surface area (Å²) in [6, 6.07) is 13.1. The second-order valence-electron chi connectivity index (χ2n) is 11.3. The van der Waals surface area contributed by atoms with Crippen LogP contribution in [0, 0.1) is 27.7 Å². The van der Waals surface area contributed by atoms with Crippen LogP contribution in [0.3, 0.4) is 0 Å². The number of hydrogen-bond acceptors (Lipinski definition) is 8. The molecule has 0 bridgehead atoms. The summed E-state index contributed by atoms with van der Waals surface area (Å²) in [5.41, 5.74) is 5.32. The highest BCUT2D eigenvalue weighted by Crippen LogP contribution is 2.32. The summed E-state index contributed by atoms with van der Waals surface area (Å²) < 4.78 is 40.9. The Kier molecular flexibility index (Phi) is 9.44. The summed E-state index contributed by atoms with van der Waals surface area (Å²) in [6.07, 6.45) is -0.787. The van der Waals surface area contributed by atoms with Crippen molar-refractivity contribution in [1.29, 1.82) is 0 Å². The molecule has 4 N–H and O–H groups in total. The quantitative estimate of drug-likeness (QED) is 0.174. The first-order chi connectivity index (χ1) is 21.9. The number of amides is 2. The molecule has 2 atom stereocenters. The zero-order valence-corrected chi connectivity index (χ0v) is 27.1. The molecule has 5 rings (SSSR count). The summed E-state index contributed by atoms with van der Waals surface area (Å²) in [6.45, 7) is 8.88. The highest BCUT2D eigenvalue weighted by Gasteiger charge is 2.32. The molecule has 3 aromatic carbocycles. The third kappa shape index (κ3) is 7.05. The van der Waals surface area contributed by atoms with Crippen molar-refractivity contribution in [3.63, 3.8) is 0 Å². The van der Waals surface area contributed by atoms with Gasteiger partial charge in [0, 0.05) is 12.8 Å². The van der Waals surface area contributed by atoms with Gasteiger partial charge in [0.15, 0.2) is 6.10 Å². The SMILES string of the molecule is CCOC(=O)[C@H](Cc1ccc2c(c1)NC(=O)[C@@H](CCC(=O)Nc1nc3ccccc3[nH]1)O2)NS(=O)(=O)c1c(C)c(C)cc(C)c1C. The van der Waals surface area contributed by atoms with Crippen LogP contribution < -0.4 is 20.1 Å². The number of benzene rings is 3. The molecule has 1 aliphatic rings. The van der Waals surface area contributed by atoms with E-state index in [1.807, 2.05) is 44.2 Å². The number of anilines is 2. The van der Waals surface area contributed by atoms with Gasteiger partial charge in [0.2, 0.25) is 21.9 Å². The normalized spacial score (nSPS) is 15.1. The highest BCUT2D eigenvalue weighted by atomic mass is 32.2. The fourth-order valence-corrected chi connectivity index (χ4v) is 7.27. The Labute approximate surface area is 267 Å². The topological polar surface area (TPSA) is 169 Å². The minimum absolute atomic E-state index is 0.0172. The Bertz CT molecular complexity index is 1880. The van der Waals surface area contributed by atoms with Gasteiger partial charge in [0.1, 0.15) is 11.8 Å². The second-order valence-corrected chi connectivity index (χ2v) is 13.0. The first-order valence-corrected chi connectivity index (χ1v) is 16.5. The molecule has 2 amide bonds. The molecule has 4 aromatic rings. The van der Waals surface area contributed by atoms with Gasteiger partial charge in [-0.1, -0.05) is 24.3 Å². The van der Waals surface area contributed by atoms with Gasteiger partial charge in [0.25, 0.3) is 5.91 Å². The Morgan fingerprint density at radius 2 is 1.76 bits per heavy atom. The number of rotatable bonds is 11. The number of imidazole rings is 1. The lowest BCUT2D eigenvalue weighted by molar-refractivity contribution is -0.145. The molecule has 13 heteroatoms. The van der Waals surface area contributed by atoms with E-state index >= 15 is 0 Å². The van der Waals surface area contributed by atoms with Gasteiger partial charge < -0.3 is 19.8 Å². The zero-order valence-electron chi connectivity index (χ0n) is 26.3. The number of ether oxygens (including phenoxy) is 2. The molecule has 46 heavy (non-hydrogen) atoms. The van der Waals surface area contributed by atoms with Crippen molar-refractivity contribution in [3.8, 4) is 5.75 Å². The first kappa shape index (κ1) is 32.6. The third-order valence-electron chi connectivity index (χ3n) is 8.02. The fraction of sp³-hybridized carbons (Fsp3) is 0.333. The second kappa shape index (κ2) is 13.3. The maximum Gasteiger partial charge on any atom is 0.324 e. The van der Waals surface area contributed by atoms with E-state index in [9.17, 15) is 22.8 Å². The van der Waals surface area contributed by atoms with Gasteiger partial charge in [0.05, 0.1) is 28.2 Å². The van der Waals surface area contributed by atoms with Gasteiger partial charge in [-0.05, 0) is 93.1 Å². The van der Waals surface area contributed by atoms with Crippen molar-refractivity contribution in [3.05, 3.63) is 76.3 Å². The van der Waals surface area contributed by atoms with Crippen LogP contribution in [-0.4, -0.2) is 54.9 Å². The number of fused-ring (bicyclic) bond motifs is 2. The van der Waals surface area contributed by atoms with Gasteiger partial charge in [-0.2, -0.15) is 4.72 Å². The molecule has 0 unspecified atom stereocenters. The molecule has 242 valence electrons. The van der Waals surface area contributed by atoms with Crippen LogP contribution in [0.1, 0.15) is 47.6 Å². The number of nitrogens with one attached hydrogen (secondary N) is 4. The molecule has 1 aliphatic heterocycles. The Morgan fingerprint density at radius 1 is 1.04 bits per heavy atom. The van der Waals surface area contributed by atoms with E-state index in [0.29, 0.717) is 34.1 Å². The Morgan fingerprint density at radius 3 is 2.46 bits per heavy atom. The average molecular weight is 648 g/mol. The Balaban J connectivity index is 1.26. The molecule has 0 saturated carbocycles. The minimum atomic E-state index is -4.11. The molecule has 2 heterocycles. The number of aryl methyl sites for hydroxylation is 2. The smallest absolute Gasteiger partial charge is 0.324 e. The number of aromatic amines is 1. The summed E-state index contributed by atoms with van der Waals surface area (Å²) in [5, 5.41) is 5.51. The number of carbonyl (C=O) groups excluding carboxylic acids is 3. The van der Waals surface area contributed by atoms with Crippen molar-refractivity contribution in [2.75, 3.05) is 17.2 Å². The maximum atomic E-state index is 13.6. The van der Waals surface area contributed by atoms with E-state index in [-0.39, 0.29) is 36.7 Å². The third-order valence-corrected chi connectivity index (χ3v) is 9.76. The molecule has 1 aromatic heterocycles. The van der Waals surface area contributed by atoms with Crippen LogP contribution >= 0.6 is 0 Å². The standard InChI is InChI=1S/C33H37N5O7S/c1-6-44-32(41)26(38-46(42,43)30-20(4)18(2)15-19(3)21(30)5)17-22-11-12-27-25(16-22)34-31(40)28(45-27)13-14-29(39)37-33-35-23-9-7-8-10-24(23)36-33/h7-12,15-16,26,28,38H,6,13-14,17H2,1-5H3,(H,34,40)(H2,35,36,37,39)/t26-,28+/m0/s1. The van der Waals surface area contributed by atoms with Gasteiger partial charge in [-0.15, -0.1) is 0 Å². The van der Waals surface area contributed by atoms with Crippen molar-refractivity contribution in [1.82, 2.24) is 14.7 Å². The lowest BCUT2D eigenvalue weighted by atomic mass is 10.0. The molecule has 0 saturated heterocycles. The number of sulfonamides is 1. The number of H-pyrrole nitrogens is 1. The lowest BCUT2D eigenvalue weighted by Gasteiger charge is -2.26. The summed E-state index contributed by atoms with van der Waals surface area (Å²) in [7, 11) is -4.11. The number of carbonyl (C=O) groups is 3. The summed E-state index contributed by atoms with van der Waals surface area (Å²) in [5.74, 6) is -0.758. The number of hydrogen-bond donors (Lipinski definition) is 4.